The van der Waals surface area contributed by atoms with Gasteiger partial charge < -0.3 is 14.8 Å². The van der Waals surface area contributed by atoms with Gasteiger partial charge in [0.1, 0.15) is 11.5 Å². The summed E-state index contributed by atoms with van der Waals surface area (Å²) in [5.74, 6) is 1.18. The maximum absolute atomic E-state index is 11.8. The van der Waals surface area contributed by atoms with Gasteiger partial charge in [-0.2, -0.15) is 5.26 Å². The molecule has 5 heteroatoms. The molecule has 23 heavy (non-hydrogen) atoms. The predicted octanol–water partition coefficient (Wildman–Crippen LogP) is 2.65. The van der Waals surface area contributed by atoms with Gasteiger partial charge in [0, 0.05) is 6.54 Å². The zero-order valence-electron chi connectivity index (χ0n) is 12.9. The Kier molecular flexibility index (Phi) is 6.01. The van der Waals surface area contributed by atoms with Gasteiger partial charge in [0.05, 0.1) is 18.2 Å². The molecule has 5 nitrogen and oxygen atoms in total. The van der Waals surface area contributed by atoms with Crippen molar-refractivity contribution in [2.24, 2.45) is 0 Å². The minimum Gasteiger partial charge on any atom is -0.494 e. The standard InChI is InChI=1S/C18H18N2O3/c1-2-22-16-7-9-17(10-8-16)23-13-18(21)20-12-15-5-3-14(11-19)4-6-15/h3-10H,2,12-13H2,1H3,(H,20,21). The molecule has 0 radical (unpaired) electrons. The fourth-order valence-corrected chi connectivity index (χ4v) is 1.90. The molecule has 2 aromatic rings. The third kappa shape index (κ3) is 5.36. The number of ether oxygens (including phenoxy) is 2. The Morgan fingerprint density at radius 1 is 1.04 bits per heavy atom. The average molecular weight is 310 g/mol. The Balaban J connectivity index is 1.75. The monoisotopic (exact) mass is 310 g/mol. The maximum atomic E-state index is 11.8. The lowest BCUT2D eigenvalue weighted by Crippen LogP contribution is -2.28. The summed E-state index contributed by atoms with van der Waals surface area (Å²) in [6.45, 7) is 2.88. The van der Waals surface area contributed by atoms with Crippen LogP contribution in [-0.2, 0) is 11.3 Å². The summed E-state index contributed by atoms with van der Waals surface area (Å²) < 4.78 is 10.8. The van der Waals surface area contributed by atoms with Crippen molar-refractivity contribution in [3.8, 4) is 17.6 Å². The maximum Gasteiger partial charge on any atom is 0.258 e. The highest BCUT2D eigenvalue weighted by Gasteiger charge is 2.03. The third-order valence-corrected chi connectivity index (χ3v) is 3.08. The van der Waals surface area contributed by atoms with Gasteiger partial charge in [0.15, 0.2) is 6.61 Å². The SMILES string of the molecule is CCOc1ccc(OCC(=O)NCc2ccc(C#N)cc2)cc1. The van der Waals surface area contributed by atoms with Crippen molar-refractivity contribution in [1.82, 2.24) is 5.32 Å². The smallest absolute Gasteiger partial charge is 0.258 e. The van der Waals surface area contributed by atoms with Crippen LogP contribution in [0.1, 0.15) is 18.1 Å². The highest BCUT2D eigenvalue weighted by Crippen LogP contribution is 2.17. The van der Waals surface area contributed by atoms with E-state index < -0.39 is 0 Å². The molecule has 0 saturated heterocycles. The zero-order valence-corrected chi connectivity index (χ0v) is 12.9. The summed E-state index contributed by atoms with van der Waals surface area (Å²) in [4.78, 5) is 11.8. The van der Waals surface area contributed by atoms with Crippen LogP contribution in [0.15, 0.2) is 48.5 Å². The molecule has 0 aliphatic carbocycles. The lowest BCUT2D eigenvalue weighted by Gasteiger charge is -2.08. The van der Waals surface area contributed by atoms with Crippen LogP contribution in [0.4, 0.5) is 0 Å². The molecule has 2 aromatic carbocycles. The molecule has 0 fully saturated rings. The van der Waals surface area contributed by atoms with Gasteiger partial charge in [0.25, 0.3) is 5.91 Å². The number of hydrogen-bond acceptors (Lipinski definition) is 4. The van der Waals surface area contributed by atoms with Crippen LogP contribution in [0.2, 0.25) is 0 Å². The van der Waals surface area contributed by atoms with Gasteiger partial charge in [-0.15, -0.1) is 0 Å². The van der Waals surface area contributed by atoms with Gasteiger partial charge >= 0.3 is 0 Å². The van der Waals surface area contributed by atoms with E-state index in [2.05, 4.69) is 11.4 Å². The molecule has 0 aromatic heterocycles. The number of nitrogens with one attached hydrogen (secondary N) is 1. The lowest BCUT2D eigenvalue weighted by atomic mass is 10.1. The van der Waals surface area contributed by atoms with E-state index in [1.807, 2.05) is 19.1 Å². The third-order valence-electron chi connectivity index (χ3n) is 3.08. The molecular formula is C18H18N2O3. The zero-order chi connectivity index (χ0) is 16.5. The number of nitriles is 1. The van der Waals surface area contributed by atoms with E-state index in [0.29, 0.717) is 24.5 Å². The Hall–Kier alpha value is -3.00. The predicted molar refractivity (Wildman–Crippen MR) is 86.1 cm³/mol. The molecule has 118 valence electrons. The Labute approximate surface area is 135 Å². The summed E-state index contributed by atoms with van der Waals surface area (Å²) in [7, 11) is 0. The fraction of sp³-hybridized carbons (Fsp3) is 0.222. The molecule has 0 atom stereocenters. The molecule has 0 spiro atoms. The average Bonchev–Trinajstić information content (AvgIpc) is 2.60. The Morgan fingerprint density at radius 3 is 2.22 bits per heavy atom. The topological polar surface area (TPSA) is 71.3 Å². The minimum atomic E-state index is -0.205. The van der Waals surface area contributed by atoms with Crippen LogP contribution < -0.4 is 14.8 Å². The number of amides is 1. The van der Waals surface area contributed by atoms with Gasteiger partial charge in [-0.3, -0.25) is 4.79 Å². The quantitative estimate of drug-likeness (QED) is 0.853. The lowest BCUT2D eigenvalue weighted by molar-refractivity contribution is -0.123. The van der Waals surface area contributed by atoms with Crippen molar-refractivity contribution in [2.75, 3.05) is 13.2 Å². The molecule has 0 bridgehead atoms. The number of hydrogen-bond donors (Lipinski definition) is 1. The van der Waals surface area contributed by atoms with Crippen molar-refractivity contribution >= 4 is 5.91 Å². The first-order valence-corrected chi connectivity index (χ1v) is 7.32. The van der Waals surface area contributed by atoms with Crippen LogP contribution in [-0.4, -0.2) is 19.1 Å². The summed E-state index contributed by atoms with van der Waals surface area (Å²) in [5.41, 5.74) is 1.53. The van der Waals surface area contributed by atoms with Crippen molar-refractivity contribution < 1.29 is 14.3 Å². The molecule has 0 unspecified atom stereocenters. The molecule has 0 saturated carbocycles. The van der Waals surface area contributed by atoms with Crippen LogP contribution in [0.25, 0.3) is 0 Å². The largest absolute Gasteiger partial charge is 0.494 e. The molecule has 2 rings (SSSR count). The molecule has 0 aliphatic heterocycles. The van der Waals surface area contributed by atoms with Crippen LogP contribution in [0, 0.1) is 11.3 Å². The highest BCUT2D eigenvalue weighted by atomic mass is 16.5. The van der Waals surface area contributed by atoms with E-state index in [1.54, 1.807) is 36.4 Å². The molecule has 1 N–H and O–H groups in total. The minimum absolute atomic E-state index is 0.0513. The van der Waals surface area contributed by atoms with Crippen LogP contribution in [0.5, 0.6) is 11.5 Å². The van der Waals surface area contributed by atoms with Gasteiger partial charge in [-0.25, -0.2) is 0 Å². The van der Waals surface area contributed by atoms with Crippen molar-refractivity contribution in [3.05, 3.63) is 59.7 Å². The molecule has 0 heterocycles. The molecule has 0 aliphatic rings. The van der Waals surface area contributed by atoms with E-state index in [1.165, 1.54) is 0 Å². The molecular weight excluding hydrogens is 292 g/mol. The summed E-state index contributed by atoms with van der Waals surface area (Å²) in [6.07, 6.45) is 0. The summed E-state index contributed by atoms with van der Waals surface area (Å²) >= 11 is 0. The number of benzene rings is 2. The fourth-order valence-electron chi connectivity index (χ4n) is 1.90. The first-order chi connectivity index (χ1) is 11.2. The van der Waals surface area contributed by atoms with Crippen molar-refractivity contribution in [3.63, 3.8) is 0 Å². The van der Waals surface area contributed by atoms with E-state index in [-0.39, 0.29) is 12.5 Å². The number of carbonyl (C=O) groups is 1. The number of carbonyl (C=O) groups excluding carboxylic acids is 1. The Bertz CT molecular complexity index is 673. The van der Waals surface area contributed by atoms with Gasteiger partial charge in [0.2, 0.25) is 0 Å². The highest BCUT2D eigenvalue weighted by molar-refractivity contribution is 5.77. The number of rotatable bonds is 7. The summed E-state index contributed by atoms with van der Waals surface area (Å²) in [6, 6.07) is 16.2. The van der Waals surface area contributed by atoms with E-state index in [4.69, 9.17) is 14.7 Å². The first-order valence-electron chi connectivity index (χ1n) is 7.32. The van der Waals surface area contributed by atoms with E-state index in [9.17, 15) is 4.79 Å². The normalized spacial score (nSPS) is 9.74. The second kappa shape index (κ2) is 8.44. The second-order valence-electron chi connectivity index (χ2n) is 4.78. The number of nitrogens with zero attached hydrogens (tertiary/aromatic N) is 1. The van der Waals surface area contributed by atoms with Crippen molar-refractivity contribution in [2.45, 2.75) is 13.5 Å². The van der Waals surface area contributed by atoms with Gasteiger partial charge in [-0.1, -0.05) is 12.1 Å². The first kappa shape index (κ1) is 16.4. The second-order valence-corrected chi connectivity index (χ2v) is 4.78. The van der Waals surface area contributed by atoms with E-state index in [0.717, 1.165) is 11.3 Å². The van der Waals surface area contributed by atoms with Gasteiger partial charge in [-0.05, 0) is 48.9 Å². The van der Waals surface area contributed by atoms with Crippen LogP contribution in [0.3, 0.4) is 0 Å². The van der Waals surface area contributed by atoms with Crippen molar-refractivity contribution in [1.29, 1.82) is 5.26 Å². The van der Waals surface area contributed by atoms with E-state index >= 15 is 0 Å². The van der Waals surface area contributed by atoms with Crippen LogP contribution >= 0.6 is 0 Å². The Morgan fingerprint density at radius 2 is 1.65 bits per heavy atom. The molecule has 1 amide bonds. The summed E-state index contributed by atoms with van der Waals surface area (Å²) in [5, 5.41) is 11.5.